The molecule has 7 nitrogen and oxygen atoms in total. The van der Waals surface area contributed by atoms with Gasteiger partial charge in [0, 0.05) is 18.1 Å². The Morgan fingerprint density at radius 1 is 1.14 bits per heavy atom. The maximum Gasteiger partial charge on any atom is 0.272 e. The Morgan fingerprint density at radius 2 is 1.86 bits per heavy atom. The maximum atomic E-state index is 12.9. The van der Waals surface area contributed by atoms with Crippen LogP contribution in [0.3, 0.4) is 0 Å². The lowest BCUT2D eigenvalue weighted by Gasteiger charge is -2.12. The number of carbonyl (C=O) groups is 1. The van der Waals surface area contributed by atoms with Gasteiger partial charge in [-0.05, 0) is 48.7 Å². The van der Waals surface area contributed by atoms with Gasteiger partial charge in [0.25, 0.3) is 5.91 Å². The fourth-order valence-electron chi connectivity index (χ4n) is 3.61. The average Bonchev–Trinajstić information content (AvgIpc) is 3.33. The number of amides is 1. The molecule has 1 amide bonds. The van der Waals surface area contributed by atoms with Gasteiger partial charge in [0.2, 0.25) is 0 Å². The predicted octanol–water partition coefficient (Wildman–Crippen LogP) is 3.37. The van der Waals surface area contributed by atoms with Crippen molar-refractivity contribution >= 4 is 22.5 Å². The van der Waals surface area contributed by atoms with Gasteiger partial charge in [0.05, 0.1) is 18.2 Å². The molecular formula is C22H23N5O2. The highest BCUT2D eigenvalue weighted by molar-refractivity contribution is 6.07. The third-order valence-corrected chi connectivity index (χ3v) is 5.23. The van der Waals surface area contributed by atoms with E-state index in [1.54, 1.807) is 35.3 Å². The summed E-state index contributed by atoms with van der Waals surface area (Å²) < 4.78 is 3.51. The van der Waals surface area contributed by atoms with Crippen LogP contribution in [0.25, 0.3) is 10.9 Å². The molecule has 1 atom stereocenters. The molecule has 4 rings (SSSR count). The summed E-state index contributed by atoms with van der Waals surface area (Å²) in [5.74, 6) is -0.168. The van der Waals surface area contributed by atoms with Gasteiger partial charge in [-0.15, -0.1) is 0 Å². The summed E-state index contributed by atoms with van der Waals surface area (Å²) in [5.41, 5.74) is 5.37. The number of rotatable bonds is 5. The molecule has 0 fully saturated rings. The standard InChI is InChI=1S/C22H23N5O2/c1-14-4-5-15(2)21-18(14)10-19(26(21)3)22(29)25-17-8-6-16(7-9-17)20(28)11-27-13-23-12-24-27/h4-10,12-13,20,28H,11H2,1-3H3,(H,25,29)/t20-/m1/s1. The van der Waals surface area contributed by atoms with Crippen molar-refractivity contribution in [2.75, 3.05) is 5.32 Å². The van der Waals surface area contributed by atoms with Crippen LogP contribution in [0.4, 0.5) is 5.69 Å². The first-order valence-corrected chi connectivity index (χ1v) is 9.41. The molecule has 0 aliphatic carbocycles. The molecule has 2 N–H and O–H groups in total. The number of fused-ring (bicyclic) bond motifs is 1. The molecule has 4 aromatic rings. The molecule has 148 valence electrons. The number of anilines is 1. The Morgan fingerprint density at radius 3 is 2.52 bits per heavy atom. The largest absolute Gasteiger partial charge is 0.386 e. The zero-order valence-electron chi connectivity index (χ0n) is 16.6. The summed E-state index contributed by atoms with van der Waals surface area (Å²) in [6, 6.07) is 13.3. The van der Waals surface area contributed by atoms with Crippen LogP contribution in [-0.2, 0) is 13.6 Å². The lowest BCUT2D eigenvalue weighted by atomic mass is 10.1. The van der Waals surface area contributed by atoms with Crippen molar-refractivity contribution in [2.45, 2.75) is 26.5 Å². The molecule has 29 heavy (non-hydrogen) atoms. The van der Waals surface area contributed by atoms with Gasteiger partial charge in [-0.2, -0.15) is 5.10 Å². The summed E-state index contributed by atoms with van der Waals surface area (Å²) in [5, 5.41) is 18.4. The molecule has 0 bridgehead atoms. The monoisotopic (exact) mass is 389 g/mol. The van der Waals surface area contributed by atoms with E-state index in [0.29, 0.717) is 17.9 Å². The number of aromatic nitrogens is 4. The highest BCUT2D eigenvalue weighted by atomic mass is 16.3. The summed E-state index contributed by atoms with van der Waals surface area (Å²) in [7, 11) is 1.91. The van der Waals surface area contributed by atoms with Crippen molar-refractivity contribution in [2.24, 2.45) is 7.05 Å². The first-order chi connectivity index (χ1) is 13.9. The smallest absolute Gasteiger partial charge is 0.272 e. The minimum Gasteiger partial charge on any atom is -0.386 e. The fraction of sp³-hybridized carbons (Fsp3) is 0.227. The number of aryl methyl sites for hydroxylation is 3. The summed E-state index contributed by atoms with van der Waals surface area (Å²) in [6.45, 7) is 4.42. The molecule has 0 spiro atoms. The molecular weight excluding hydrogens is 366 g/mol. The van der Waals surface area contributed by atoms with Crippen LogP contribution in [0.5, 0.6) is 0 Å². The van der Waals surface area contributed by atoms with E-state index in [1.807, 2.05) is 31.5 Å². The topological polar surface area (TPSA) is 85.0 Å². The third-order valence-electron chi connectivity index (χ3n) is 5.23. The molecule has 0 aliphatic rings. The van der Waals surface area contributed by atoms with Crippen molar-refractivity contribution in [3.8, 4) is 0 Å². The highest BCUT2D eigenvalue weighted by Crippen LogP contribution is 2.26. The molecule has 0 saturated carbocycles. The second-order valence-electron chi connectivity index (χ2n) is 7.26. The second kappa shape index (κ2) is 7.52. The Kier molecular flexibility index (Phi) is 4.90. The minimum absolute atomic E-state index is 0.168. The third kappa shape index (κ3) is 3.64. The zero-order valence-corrected chi connectivity index (χ0v) is 16.6. The van der Waals surface area contributed by atoms with Crippen molar-refractivity contribution in [1.29, 1.82) is 0 Å². The number of nitrogens with zero attached hydrogens (tertiary/aromatic N) is 4. The Balaban J connectivity index is 1.52. The van der Waals surface area contributed by atoms with Gasteiger partial charge in [0.1, 0.15) is 18.3 Å². The van der Waals surface area contributed by atoms with Gasteiger partial charge in [-0.3, -0.25) is 9.48 Å². The Hall–Kier alpha value is -3.45. The number of hydrogen-bond donors (Lipinski definition) is 2. The van der Waals surface area contributed by atoms with E-state index >= 15 is 0 Å². The van der Waals surface area contributed by atoms with Crippen molar-refractivity contribution in [3.05, 3.63) is 77.5 Å². The average molecular weight is 389 g/mol. The van der Waals surface area contributed by atoms with Gasteiger partial charge in [-0.1, -0.05) is 24.3 Å². The van der Waals surface area contributed by atoms with E-state index in [2.05, 4.69) is 27.5 Å². The van der Waals surface area contributed by atoms with Crippen LogP contribution in [0.1, 0.15) is 33.3 Å². The van der Waals surface area contributed by atoms with Crippen molar-refractivity contribution < 1.29 is 9.90 Å². The Labute approximate surface area is 168 Å². The highest BCUT2D eigenvalue weighted by Gasteiger charge is 2.16. The van der Waals surface area contributed by atoms with Gasteiger partial charge in [-0.25, -0.2) is 4.98 Å². The van der Waals surface area contributed by atoms with Gasteiger partial charge < -0.3 is 15.0 Å². The molecule has 2 aromatic carbocycles. The van der Waals surface area contributed by atoms with E-state index in [4.69, 9.17) is 0 Å². The van der Waals surface area contributed by atoms with E-state index in [9.17, 15) is 9.90 Å². The molecule has 0 unspecified atom stereocenters. The number of aliphatic hydroxyl groups is 1. The van der Waals surface area contributed by atoms with Crippen LogP contribution >= 0.6 is 0 Å². The molecule has 0 aliphatic heterocycles. The first-order valence-electron chi connectivity index (χ1n) is 9.41. The fourth-order valence-corrected chi connectivity index (χ4v) is 3.61. The van der Waals surface area contributed by atoms with Crippen LogP contribution in [0, 0.1) is 13.8 Å². The SMILES string of the molecule is Cc1ccc(C)c2c1cc(C(=O)Nc1ccc([C@H](O)Cn3cncn3)cc1)n2C. The molecule has 0 saturated heterocycles. The molecule has 0 radical (unpaired) electrons. The number of hydrogen-bond acceptors (Lipinski definition) is 4. The lowest BCUT2D eigenvalue weighted by molar-refractivity contribution is 0.101. The predicted molar refractivity (Wildman–Crippen MR) is 112 cm³/mol. The van der Waals surface area contributed by atoms with Gasteiger partial charge in [0.15, 0.2) is 0 Å². The van der Waals surface area contributed by atoms with Crippen LogP contribution in [0.2, 0.25) is 0 Å². The number of carbonyl (C=O) groups excluding carboxylic acids is 1. The Bertz CT molecular complexity index is 1160. The van der Waals surface area contributed by atoms with E-state index in [1.165, 1.54) is 6.33 Å². The number of aliphatic hydroxyl groups excluding tert-OH is 1. The molecule has 7 heteroatoms. The first kappa shape index (κ1) is 18.9. The van der Waals surface area contributed by atoms with Crippen LogP contribution in [0.15, 0.2) is 55.1 Å². The van der Waals surface area contributed by atoms with E-state index in [-0.39, 0.29) is 5.91 Å². The molecule has 2 aromatic heterocycles. The van der Waals surface area contributed by atoms with Crippen LogP contribution < -0.4 is 5.32 Å². The van der Waals surface area contributed by atoms with Crippen LogP contribution in [-0.4, -0.2) is 30.3 Å². The second-order valence-corrected chi connectivity index (χ2v) is 7.26. The lowest BCUT2D eigenvalue weighted by Crippen LogP contribution is -2.15. The van der Waals surface area contributed by atoms with E-state index in [0.717, 1.165) is 27.6 Å². The number of nitrogens with one attached hydrogen (secondary N) is 1. The van der Waals surface area contributed by atoms with Gasteiger partial charge >= 0.3 is 0 Å². The minimum atomic E-state index is -0.703. The zero-order chi connectivity index (χ0) is 20.5. The maximum absolute atomic E-state index is 12.9. The quantitative estimate of drug-likeness (QED) is 0.548. The molecule has 2 heterocycles. The van der Waals surface area contributed by atoms with Crippen molar-refractivity contribution in [3.63, 3.8) is 0 Å². The summed E-state index contributed by atoms with van der Waals surface area (Å²) in [6.07, 6.45) is 2.29. The number of benzene rings is 2. The summed E-state index contributed by atoms with van der Waals surface area (Å²) in [4.78, 5) is 16.7. The summed E-state index contributed by atoms with van der Waals surface area (Å²) >= 11 is 0. The van der Waals surface area contributed by atoms with E-state index < -0.39 is 6.10 Å². The normalized spacial score (nSPS) is 12.3. The van der Waals surface area contributed by atoms with Crippen molar-refractivity contribution in [1.82, 2.24) is 19.3 Å².